The molecule has 2 nitrogen and oxygen atoms in total. The van der Waals surface area contributed by atoms with Gasteiger partial charge in [-0.1, -0.05) is 24.8 Å². The largest absolute Gasteiger partial charge is 0.504 e. The highest BCUT2D eigenvalue weighted by Gasteiger charge is 2.03. The smallest absolute Gasteiger partial charge is 0.169 e. The number of allylic oxidation sites excluding steroid dienone is 4. The van der Waals surface area contributed by atoms with E-state index in [0.717, 1.165) is 5.56 Å². The summed E-state index contributed by atoms with van der Waals surface area (Å²) in [6.45, 7) is 7.42. The summed E-state index contributed by atoms with van der Waals surface area (Å²) in [5.41, 5.74) is 0.991. The second-order valence-corrected chi connectivity index (χ2v) is 3.38. The molecule has 1 aromatic carbocycles. The van der Waals surface area contributed by atoms with Crippen LogP contribution in [0.2, 0.25) is 0 Å². The van der Waals surface area contributed by atoms with E-state index in [0.29, 0.717) is 11.5 Å². The molecular formula is C14H16O2. The Bertz CT molecular complexity index is 428. The van der Waals surface area contributed by atoms with Gasteiger partial charge in [0.05, 0.1) is 0 Å². The molecule has 2 heteroatoms. The van der Waals surface area contributed by atoms with Gasteiger partial charge in [-0.25, -0.2) is 0 Å². The number of hydrogen-bond donors (Lipinski definition) is 1. The van der Waals surface area contributed by atoms with Crippen molar-refractivity contribution in [2.24, 2.45) is 0 Å². The van der Waals surface area contributed by atoms with E-state index in [1.165, 1.54) is 0 Å². The normalized spacial score (nSPS) is 11.8. The average molecular weight is 216 g/mol. The first kappa shape index (κ1) is 12.1. The average Bonchev–Trinajstić information content (AvgIpc) is 2.23. The molecule has 1 aromatic rings. The summed E-state index contributed by atoms with van der Waals surface area (Å²) in [6, 6.07) is 5.29. The van der Waals surface area contributed by atoms with Crippen molar-refractivity contribution in [1.82, 2.24) is 0 Å². The first-order valence-corrected chi connectivity index (χ1v) is 5.10. The highest BCUT2D eigenvalue weighted by atomic mass is 16.5. The van der Waals surface area contributed by atoms with E-state index in [9.17, 15) is 5.11 Å². The molecule has 0 saturated heterocycles. The number of aryl methyl sites for hydroxylation is 1. The zero-order valence-corrected chi connectivity index (χ0v) is 9.60. The van der Waals surface area contributed by atoms with E-state index in [1.54, 1.807) is 30.4 Å². The van der Waals surface area contributed by atoms with Gasteiger partial charge in [0, 0.05) is 0 Å². The summed E-state index contributed by atoms with van der Waals surface area (Å²) in [6.07, 6.45) is 7.04. The molecular weight excluding hydrogens is 200 g/mol. The van der Waals surface area contributed by atoms with E-state index in [-0.39, 0.29) is 5.75 Å². The summed E-state index contributed by atoms with van der Waals surface area (Å²) in [5, 5.41) is 9.67. The molecule has 0 aliphatic rings. The molecule has 0 aromatic heterocycles. The Morgan fingerprint density at radius 2 is 2.19 bits per heavy atom. The van der Waals surface area contributed by atoms with Crippen molar-refractivity contribution < 1.29 is 9.84 Å². The monoisotopic (exact) mass is 216 g/mol. The van der Waals surface area contributed by atoms with Crippen LogP contribution in [0.3, 0.4) is 0 Å². The van der Waals surface area contributed by atoms with Crippen molar-refractivity contribution in [3.63, 3.8) is 0 Å². The van der Waals surface area contributed by atoms with E-state index in [4.69, 9.17) is 4.74 Å². The minimum atomic E-state index is 0.138. The van der Waals surface area contributed by atoms with Crippen molar-refractivity contribution >= 4 is 0 Å². The fourth-order valence-corrected chi connectivity index (χ4v) is 1.24. The van der Waals surface area contributed by atoms with Crippen LogP contribution in [0.15, 0.2) is 54.8 Å². The number of hydrogen-bond acceptors (Lipinski definition) is 2. The minimum Gasteiger partial charge on any atom is -0.504 e. The molecule has 0 bridgehead atoms. The van der Waals surface area contributed by atoms with Crippen LogP contribution in [-0.2, 0) is 0 Å². The Kier molecular flexibility index (Phi) is 4.40. The molecule has 1 rings (SSSR count). The maximum Gasteiger partial charge on any atom is 0.169 e. The quantitative estimate of drug-likeness (QED) is 0.614. The van der Waals surface area contributed by atoms with Gasteiger partial charge in [-0.2, -0.15) is 0 Å². The lowest BCUT2D eigenvalue weighted by atomic mass is 10.2. The maximum atomic E-state index is 9.67. The summed E-state index contributed by atoms with van der Waals surface area (Å²) in [4.78, 5) is 0. The molecule has 0 aliphatic heterocycles. The van der Waals surface area contributed by atoms with Crippen molar-refractivity contribution in [1.29, 1.82) is 0 Å². The lowest BCUT2D eigenvalue weighted by Crippen LogP contribution is -1.92. The van der Waals surface area contributed by atoms with Crippen LogP contribution < -0.4 is 4.74 Å². The second kappa shape index (κ2) is 5.81. The lowest BCUT2D eigenvalue weighted by molar-refractivity contribution is 0.392. The van der Waals surface area contributed by atoms with Gasteiger partial charge in [0.1, 0.15) is 5.76 Å². The summed E-state index contributed by atoms with van der Waals surface area (Å²) in [7, 11) is 0. The topological polar surface area (TPSA) is 29.5 Å². The predicted molar refractivity (Wildman–Crippen MR) is 66.6 cm³/mol. The Morgan fingerprint density at radius 3 is 2.75 bits per heavy atom. The fraction of sp³-hybridized carbons (Fsp3) is 0.143. The zero-order chi connectivity index (χ0) is 12.0. The van der Waals surface area contributed by atoms with Gasteiger partial charge >= 0.3 is 0 Å². The molecule has 0 radical (unpaired) electrons. The van der Waals surface area contributed by atoms with Gasteiger partial charge in [-0.15, -0.1) is 0 Å². The van der Waals surface area contributed by atoms with Gasteiger partial charge in [0.2, 0.25) is 0 Å². The summed E-state index contributed by atoms with van der Waals surface area (Å²) in [5.74, 6) is 1.22. The number of ether oxygens (including phenoxy) is 1. The van der Waals surface area contributed by atoms with Crippen molar-refractivity contribution in [3.05, 3.63) is 60.4 Å². The predicted octanol–water partition coefficient (Wildman–Crippen LogP) is 3.73. The van der Waals surface area contributed by atoms with Gasteiger partial charge in [0.15, 0.2) is 11.5 Å². The first-order valence-electron chi connectivity index (χ1n) is 5.10. The lowest BCUT2D eigenvalue weighted by Gasteiger charge is -2.08. The van der Waals surface area contributed by atoms with Gasteiger partial charge < -0.3 is 9.84 Å². The molecule has 1 N–H and O–H groups in total. The van der Waals surface area contributed by atoms with Gasteiger partial charge in [0.25, 0.3) is 0 Å². The number of benzene rings is 1. The molecule has 0 heterocycles. The molecule has 0 amide bonds. The number of phenolic OH excluding ortho intramolecular Hbond substituents is 1. The summed E-state index contributed by atoms with van der Waals surface area (Å²) >= 11 is 0. The van der Waals surface area contributed by atoms with E-state index >= 15 is 0 Å². The Morgan fingerprint density at radius 1 is 1.44 bits per heavy atom. The van der Waals surface area contributed by atoms with Crippen molar-refractivity contribution in [3.8, 4) is 11.5 Å². The molecule has 84 valence electrons. The highest BCUT2D eigenvalue weighted by molar-refractivity contribution is 5.43. The number of rotatable bonds is 4. The van der Waals surface area contributed by atoms with Gasteiger partial charge in [-0.05, 0) is 43.7 Å². The van der Waals surface area contributed by atoms with Crippen LogP contribution in [0.1, 0.15) is 12.5 Å². The number of phenols is 1. The Balaban J connectivity index is 2.94. The standard InChI is InChI=1S/C14H16O2/c1-4-6-12(7-5-2)16-14-9-8-11(3)10-13(14)15/h4-10,15H,1H2,2-3H3/b7-5-,12-6+. The third-order valence-corrected chi connectivity index (χ3v) is 1.96. The molecule has 0 atom stereocenters. The second-order valence-electron chi connectivity index (χ2n) is 3.38. The molecule has 16 heavy (non-hydrogen) atoms. The van der Waals surface area contributed by atoms with Crippen LogP contribution in [0.4, 0.5) is 0 Å². The van der Waals surface area contributed by atoms with Crippen LogP contribution in [-0.4, -0.2) is 5.11 Å². The molecule has 0 aliphatic carbocycles. The van der Waals surface area contributed by atoms with Gasteiger partial charge in [-0.3, -0.25) is 0 Å². The molecule has 0 unspecified atom stereocenters. The van der Waals surface area contributed by atoms with Crippen LogP contribution in [0.5, 0.6) is 11.5 Å². The molecule has 0 fully saturated rings. The van der Waals surface area contributed by atoms with Crippen molar-refractivity contribution in [2.75, 3.05) is 0 Å². The Labute approximate surface area is 96.2 Å². The third-order valence-electron chi connectivity index (χ3n) is 1.96. The van der Waals surface area contributed by atoms with Crippen LogP contribution in [0, 0.1) is 6.92 Å². The SMILES string of the molecule is C=C/C=C(\C=C/C)Oc1ccc(C)cc1O. The van der Waals surface area contributed by atoms with Crippen LogP contribution >= 0.6 is 0 Å². The third kappa shape index (κ3) is 3.31. The zero-order valence-electron chi connectivity index (χ0n) is 9.60. The van der Waals surface area contributed by atoms with Crippen molar-refractivity contribution in [2.45, 2.75) is 13.8 Å². The van der Waals surface area contributed by atoms with E-state index in [2.05, 4.69) is 6.58 Å². The fourth-order valence-electron chi connectivity index (χ4n) is 1.24. The number of aromatic hydroxyl groups is 1. The molecule has 0 saturated carbocycles. The Hall–Kier alpha value is -1.96. The minimum absolute atomic E-state index is 0.138. The van der Waals surface area contributed by atoms with E-state index < -0.39 is 0 Å². The summed E-state index contributed by atoms with van der Waals surface area (Å²) < 4.78 is 5.53. The maximum absolute atomic E-state index is 9.67. The van der Waals surface area contributed by atoms with Crippen LogP contribution in [0.25, 0.3) is 0 Å². The van der Waals surface area contributed by atoms with E-state index in [1.807, 2.05) is 26.0 Å². The first-order chi connectivity index (χ1) is 7.67. The molecule has 0 spiro atoms. The highest BCUT2D eigenvalue weighted by Crippen LogP contribution is 2.28.